The molecule has 0 aromatic carbocycles. The third kappa shape index (κ3) is 3.40. The van der Waals surface area contributed by atoms with Gasteiger partial charge in [-0.1, -0.05) is 11.6 Å². The van der Waals surface area contributed by atoms with Crippen LogP contribution in [-0.4, -0.2) is 37.7 Å². The van der Waals surface area contributed by atoms with Crippen LogP contribution < -0.4 is 5.32 Å². The number of nitrogens with zero attached hydrogens (tertiary/aromatic N) is 2. The molecular weight excluding hydrogens is 302 g/mol. The van der Waals surface area contributed by atoms with Gasteiger partial charge in [-0.2, -0.15) is 0 Å². The molecule has 8 nitrogen and oxygen atoms in total. The van der Waals surface area contributed by atoms with E-state index in [1.54, 1.807) is 0 Å². The Bertz CT molecular complexity index is 572. The van der Waals surface area contributed by atoms with E-state index < -0.39 is 16.5 Å². The van der Waals surface area contributed by atoms with Gasteiger partial charge in [0.1, 0.15) is 17.0 Å². The molecule has 0 spiro atoms. The topological polar surface area (TPSA) is 126 Å². The maximum Gasteiger partial charge on any atom is 0.335 e. The smallest absolute Gasteiger partial charge is 0.335 e. The zero-order valence-corrected chi connectivity index (χ0v) is 11.7. The number of aromatic nitrogens is 1. The molecule has 1 heterocycles. The Labute approximate surface area is 124 Å². The summed E-state index contributed by atoms with van der Waals surface area (Å²) in [5.74, 6) is -1.24. The number of aliphatic carboxylic acids is 1. The first-order valence-corrected chi connectivity index (χ1v) is 6.72. The van der Waals surface area contributed by atoms with Crippen LogP contribution in [-0.2, 0) is 4.79 Å². The first-order chi connectivity index (χ1) is 9.82. The number of hydrogen-bond acceptors (Lipinski definition) is 6. The van der Waals surface area contributed by atoms with E-state index in [0.717, 1.165) is 6.20 Å². The number of halogens is 1. The summed E-state index contributed by atoms with van der Waals surface area (Å²) in [6.45, 7) is 0. The molecule has 0 atom stereocenters. The molecule has 1 aromatic rings. The Kier molecular flexibility index (Phi) is 4.29. The predicted octanol–water partition coefficient (Wildman–Crippen LogP) is 1.81. The first kappa shape index (κ1) is 15.5. The molecule has 0 saturated heterocycles. The highest BCUT2D eigenvalue weighted by Crippen LogP contribution is 2.33. The molecule has 0 radical (unpaired) electrons. The minimum absolute atomic E-state index is 0.0899. The molecule has 114 valence electrons. The lowest BCUT2D eigenvalue weighted by Gasteiger charge is -2.33. The molecule has 0 aliphatic heterocycles. The van der Waals surface area contributed by atoms with E-state index in [0.29, 0.717) is 12.8 Å². The number of hydrogen-bond donors (Lipinski definition) is 3. The van der Waals surface area contributed by atoms with Crippen molar-refractivity contribution in [2.75, 3.05) is 5.32 Å². The summed E-state index contributed by atoms with van der Waals surface area (Å²) < 4.78 is 0. The van der Waals surface area contributed by atoms with Gasteiger partial charge in [0.15, 0.2) is 5.60 Å². The number of nitro groups is 1. The molecule has 9 heteroatoms. The Morgan fingerprint density at radius 3 is 2.67 bits per heavy atom. The van der Waals surface area contributed by atoms with Crippen LogP contribution >= 0.6 is 11.6 Å². The van der Waals surface area contributed by atoms with Crippen molar-refractivity contribution in [2.24, 2.45) is 0 Å². The van der Waals surface area contributed by atoms with Gasteiger partial charge in [0.2, 0.25) is 0 Å². The zero-order chi connectivity index (χ0) is 15.6. The second-order valence-electron chi connectivity index (χ2n) is 5.04. The van der Waals surface area contributed by atoms with Crippen LogP contribution in [0.2, 0.25) is 5.15 Å². The third-order valence-electron chi connectivity index (χ3n) is 3.62. The van der Waals surface area contributed by atoms with Gasteiger partial charge >= 0.3 is 11.7 Å². The van der Waals surface area contributed by atoms with Crippen molar-refractivity contribution in [2.45, 2.75) is 37.3 Å². The van der Waals surface area contributed by atoms with Gasteiger partial charge in [0.25, 0.3) is 0 Å². The molecule has 1 saturated carbocycles. The molecule has 3 N–H and O–H groups in total. The van der Waals surface area contributed by atoms with Crippen molar-refractivity contribution < 1.29 is 19.9 Å². The molecule has 1 aromatic heterocycles. The van der Waals surface area contributed by atoms with Gasteiger partial charge in [-0.25, -0.2) is 9.78 Å². The third-order valence-corrected chi connectivity index (χ3v) is 3.82. The number of nitrogens with one attached hydrogen (secondary N) is 1. The average molecular weight is 316 g/mol. The molecule has 0 unspecified atom stereocenters. The summed E-state index contributed by atoms with van der Waals surface area (Å²) in [7, 11) is 0. The number of aliphatic hydroxyl groups is 1. The van der Waals surface area contributed by atoms with E-state index in [1.165, 1.54) is 6.07 Å². The summed E-state index contributed by atoms with van der Waals surface area (Å²) in [6, 6.07) is 1.19. The number of rotatable bonds is 4. The van der Waals surface area contributed by atoms with Gasteiger partial charge in [0.05, 0.1) is 4.92 Å². The van der Waals surface area contributed by atoms with Gasteiger partial charge in [-0.05, 0) is 25.7 Å². The Balaban J connectivity index is 2.09. The number of carboxylic acid groups (broad SMARTS) is 1. The summed E-state index contributed by atoms with van der Waals surface area (Å²) in [4.78, 5) is 25.0. The Morgan fingerprint density at radius 1 is 1.52 bits per heavy atom. The zero-order valence-electron chi connectivity index (χ0n) is 11.0. The van der Waals surface area contributed by atoms with Crippen molar-refractivity contribution in [3.63, 3.8) is 0 Å². The van der Waals surface area contributed by atoms with Crippen molar-refractivity contribution in [1.29, 1.82) is 0 Å². The largest absolute Gasteiger partial charge is 0.479 e. The summed E-state index contributed by atoms with van der Waals surface area (Å²) >= 11 is 5.73. The van der Waals surface area contributed by atoms with Gasteiger partial charge in [0, 0.05) is 12.1 Å². The standard InChI is InChI=1S/C12H14ClN3O5/c13-10-5-8(9(6-14-10)16(20)21)15-7-1-3-12(19,4-2-7)11(17)18/h5-7,19H,1-4H2,(H,14,15)(H,17,18)/t7-,12-. The fraction of sp³-hybridized carbons (Fsp3) is 0.500. The lowest BCUT2D eigenvalue weighted by atomic mass is 9.82. The Hall–Kier alpha value is -1.93. The normalized spacial score (nSPS) is 25.3. The number of carbonyl (C=O) groups is 1. The van der Waals surface area contributed by atoms with Crippen LogP contribution in [0.3, 0.4) is 0 Å². The first-order valence-electron chi connectivity index (χ1n) is 6.34. The number of anilines is 1. The predicted molar refractivity (Wildman–Crippen MR) is 74.4 cm³/mol. The monoisotopic (exact) mass is 315 g/mol. The van der Waals surface area contributed by atoms with Crippen molar-refractivity contribution in [3.8, 4) is 0 Å². The van der Waals surface area contributed by atoms with Crippen molar-refractivity contribution in [3.05, 3.63) is 27.5 Å². The number of carboxylic acids is 1. The lowest BCUT2D eigenvalue weighted by Crippen LogP contribution is -2.44. The van der Waals surface area contributed by atoms with Gasteiger partial charge in [-0.15, -0.1) is 0 Å². The summed E-state index contributed by atoms with van der Waals surface area (Å²) in [5, 5.41) is 32.8. The second-order valence-corrected chi connectivity index (χ2v) is 5.42. The van der Waals surface area contributed by atoms with Gasteiger partial charge < -0.3 is 15.5 Å². The minimum atomic E-state index is -1.71. The van der Waals surface area contributed by atoms with Crippen molar-refractivity contribution >= 4 is 28.9 Å². The molecule has 2 rings (SSSR count). The molecule has 1 fully saturated rings. The molecule has 0 amide bonds. The quantitative estimate of drug-likeness (QED) is 0.439. The van der Waals surface area contributed by atoms with E-state index in [2.05, 4.69) is 10.3 Å². The summed E-state index contributed by atoms with van der Waals surface area (Å²) in [5.41, 5.74) is -1.66. The highest BCUT2D eigenvalue weighted by Gasteiger charge is 2.40. The van der Waals surface area contributed by atoms with E-state index in [-0.39, 0.29) is 35.4 Å². The van der Waals surface area contributed by atoms with Crippen LogP contribution in [0, 0.1) is 10.1 Å². The SMILES string of the molecule is O=C(O)[C@]1(O)CC[C@H](Nc2cc(Cl)ncc2[N+](=O)[O-])CC1. The fourth-order valence-corrected chi connectivity index (χ4v) is 2.52. The maximum absolute atomic E-state index is 10.9. The van der Waals surface area contributed by atoms with E-state index in [4.69, 9.17) is 16.7 Å². The number of pyridine rings is 1. The van der Waals surface area contributed by atoms with Crippen LogP contribution in [0.5, 0.6) is 0 Å². The van der Waals surface area contributed by atoms with E-state index >= 15 is 0 Å². The molecule has 0 bridgehead atoms. The lowest BCUT2D eigenvalue weighted by molar-refractivity contribution is -0.384. The fourth-order valence-electron chi connectivity index (χ4n) is 2.36. The summed E-state index contributed by atoms with van der Waals surface area (Å²) in [6.07, 6.45) is 2.03. The Morgan fingerprint density at radius 2 is 2.14 bits per heavy atom. The van der Waals surface area contributed by atoms with Crippen LogP contribution in [0.15, 0.2) is 12.3 Å². The van der Waals surface area contributed by atoms with Crippen LogP contribution in [0.1, 0.15) is 25.7 Å². The van der Waals surface area contributed by atoms with Gasteiger partial charge in [-0.3, -0.25) is 10.1 Å². The van der Waals surface area contributed by atoms with E-state index in [1.807, 2.05) is 0 Å². The average Bonchev–Trinajstić information content (AvgIpc) is 2.41. The van der Waals surface area contributed by atoms with Crippen LogP contribution in [0.25, 0.3) is 0 Å². The van der Waals surface area contributed by atoms with Crippen LogP contribution in [0.4, 0.5) is 11.4 Å². The molecular formula is C12H14ClN3O5. The highest BCUT2D eigenvalue weighted by atomic mass is 35.5. The molecule has 1 aliphatic carbocycles. The minimum Gasteiger partial charge on any atom is -0.479 e. The molecule has 1 aliphatic rings. The second kappa shape index (κ2) is 5.82. The van der Waals surface area contributed by atoms with Crippen molar-refractivity contribution in [1.82, 2.24) is 4.98 Å². The maximum atomic E-state index is 10.9. The highest BCUT2D eigenvalue weighted by molar-refractivity contribution is 6.29. The van der Waals surface area contributed by atoms with E-state index in [9.17, 15) is 20.0 Å². The molecule has 21 heavy (non-hydrogen) atoms.